The topological polar surface area (TPSA) is 30.2 Å². The highest BCUT2D eigenvalue weighted by Crippen LogP contribution is 2.43. The van der Waals surface area contributed by atoms with Gasteiger partial charge in [-0.2, -0.15) is 26.3 Å². The van der Waals surface area contributed by atoms with Gasteiger partial charge in [0, 0.05) is 6.92 Å². The van der Waals surface area contributed by atoms with Crippen molar-refractivity contribution in [2.24, 2.45) is 0 Å². The van der Waals surface area contributed by atoms with Gasteiger partial charge in [0.25, 0.3) is 0 Å². The fourth-order valence-electron chi connectivity index (χ4n) is 1.11. The predicted molar refractivity (Wildman–Crippen MR) is 38.7 cm³/mol. The summed E-state index contributed by atoms with van der Waals surface area (Å²) < 4.78 is 77.5. The molecular formula is C8H4F6O2. The summed E-state index contributed by atoms with van der Waals surface area (Å²) in [7, 11) is 0. The van der Waals surface area contributed by atoms with E-state index in [2.05, 4.69) is 4.42 Å². The van der Waals surface area contributed by atoms with E-state index in [1.807, 2.05) is 0 Å². The molecule has 0 aromatic carbocycles. The first kappa shape index (κ1) is 12.6. The lowest BCUT2D eigenvalue weighted by atomic mass is 10.1. The van der Waals surface area contributed by atoms with Gasteiger partial charge in [-0.05, 0) is 0 Å². The molecule has 1 heterocycles. The molecule has 0 aliphatic rings. The zero-order chi connectivity index (χ0) is 12.7. The number of ketones is 1. The van der Waals surface area contributed by atoms with Crippen LogP contribution in [-0.2, 0) is 12.4 Å². The van der Waals surface area contributed by atoms with Crippen molar-refractivity contribution < 1.29 is 35.6 Å². The summed E-state index contributed by atoms with van der Waals surface area (Å²) in [6.45, 7) is 0.689. The Balaban J connectivity index is 3.50. The van der Waals surface area contributed by atoms with Crippen LogP contribution in [0.25, 0.3) is 0 Å². The average molecular weight is 246 g/mol. The van der Waals surface area contributed by atoms with E-state index in [1.165, 1.54) is 0 Å². The first-order valence-corrected chi connectivity index (χ1v) is 3.82. The quantitative estimate of drug-likeness (QED) is 0.560. The van der Waals surface area contributed by atoms with Gasteiger partial charge in [0.2, 0.25) is 0 Å². The molecule has 0 saturated heterocycles. The minimum Gasteiger partial charge on any atom is -0.460 e. The van der Waals surface area contributed by atoms with E-state index in [0.717, 1.165) is 0 Å². The molecule has 1 rings (SSSR count). The number of carbonyl (C=O) groups is 1. The van der Waals surface area contributed by atoms with E-state index in [4.69, 9.17) is 0 Å². The largest absolute Gasteiger partial charge is 0.460 e. The third kappa shape index (κ3) is 2.20. The van der Waals surface area contributed by atoms with Crippen LogP contribution < -0.4 is 0 Å². The highest BCUT2D eigenvalue weighted by molar-refractivity contribution is 5.93. The highest BCUT2D eigenvalue weighted by atomic mass is 19.4. The standard InChI is InChI=1S/C8H4F6O2/c1-3(15)6-5(8(12,13)14)4(2-16-6)7(9,10)11/h2H,1H3. The van der Waals surface area contributed by atoms with Crippen LogP contribution in [0.4, 0.5) is 26.3 Å². The van der Waals surface area contributed by atoms with Crippen LogP contribution >= 0.6 is 0 Å². The maximum Gasteiger partial charge on any atom is 0.420 e. The molecule has 2 nitrogen and oxygen atoms in total. The normalized spacial score (nSPS) is 12.9. The maximum absolute atomic E-state index is 12.3. The number of hydrogen-bond donors (Lipinski definition) is 0. The van der Waals surface area contributed by atoms with Crippen molar-refractivity contribution in [2.75, 3.05) is 0 Å². The molecule has 1 aromatic rings. The molecule has 0 aliphatic heterocycles. The Morgan fingerprint density at radius 2 is 1.62 bits per heavy atom. The number of carbonyl (C=O) groups excluding carboxylic acids is 1. The van der Waals surface area contributed by atoms with Crippen molar-refractivity contribution in [1.29, 1.82) is 0 Å². The van der Waals surface area contributed by atoms with Gasteiger partial charge in [-0.25, -0.2) is 0 Å². The number of alkyl halides is 6. The molecule has 0 bridgehead atoms. The van der Waals surface area contributed by atoms with Gasteiger partial charge < -0.3 is 4.42 Å². The minimum absolute atomic E-state index is 0.112. The zero-order valence-corrected chi connectivity index (χ0v) is 7.66. The van der Waals surface area contributed by atoms with Crippen molar-refractivity contribution in [3.63, 3.8) is 0 Å². The predicted octanol–water partition coefficient (Wildman–Crippen LogP) is 3.52. The number of rotatable bonds is 1. The van der Waals surface area contributed by atoms with Crippen LogP contribution in [-0.4, -0.2) is 5.78 Å². The second-order valence-electron chi connectivity index (χ2n) is 2.91. The van der Waals surface area contributed by atoms with Gasteiger partial charge >= 0.3 is 12.4 Å². The smallest absolute Gasteiger partial charge is 0.420 e. The second kappa shape index (κ2) is 3.53. The van der Waals surface area contributed by atoms with Crippen LogP contribution in [0.2, 0.25) is 0 Å². The molecule has 90 valence electrons. The summed E-state index contributed by atoms with van der Waals surface area (Å²) >= 11 is 0. The molecule has 0 radical (unpaired) electrons. The Hall–Kier alpha value is -1.47. The SMILES string of the molecule is CC(=O)c1occ(C(F)(F)F)c1C(F)(F)F. The van der Waals surface area contributed by atoms with Crippen LogP contribution in [0.5, 0.6) is 0 Å². The molecule has 0 N–H and O–H groups in total. The summed E-state index contributed by atoms with van der Waals surface area (Å²) in [6.07, 6.45) is -10.6. The summed E-state index contributed by atoms with van der Waals surface area (Å²) in [4.78, 5) is 10.7. The summed E-state index contributed by atoms with van der Waals surface area (Å²) in [5, 5.41) is 0. The van der Waals surface area contributed by atoms with Crippen LogP contribution in [0.15, 0.2) is 10.7 Å². The third-order valence-electron chi connectivity index (χ3n) is 1.70. The summed E-state index contributed by atoms with van der Waals surface area (Å²) in [6, 6.07) is 0. The van der Waals surface area contributed by atoms with Gasteiger partial charge in [0.05, 0.1) is 0 Å². The van der Waals surface area contributed by atoms with Gasteiger partial charge in [0.1, 0.15) is 17.4 Å². The van der Waals surface area contributed by atoms with Crippen molar-refractivity contribution in [3.05, 3.63) is 23.2 Å². The Kier molecular flexibility index (Phi) is 2.78. The Morgan fingerprint density at radius 1 is 1.12 bits per heavy atom. The Bertz CT molecular complexity index is 411. The molecule has 0 spiro atoms. The third-order valence-corrected chi connectivity index (χ3v) is 1.70. The second-order valence-corrected chi connectivity index (χ2v) is 2.91. The van der Waals surface area contributed by atoms with Gasteiger partial charge in [-0.15, -0.1) is 0 Å². The van der Waals surface area contributed by atoms with Crippen LogP contribution in [0, 0.1) is 0 Å². The molecular weight excluding hydrogens is 242 g/mol. The van der Waals surface area contributed by atoms with Crippen molar-refractivity contribution in [2.45, 2.75) is 19.3 Å². The van der Waals surface area contributed by atoms with Gasteiger partial charge in [-0.3, -0.25) is 4.79 Å². The Labute approximate surface area is 84.8 Å². The molecule has 1 aromatic heterocycles. The van der Waals surface area contributed by atoms with E-state index in [1.54, 1.807) is 0 Å². The summed E-state index contributed by atoms with van der Waals surface area (Å²) in [5.74, 6) is -2.55. The van der Waals surface area contributed by atoms with Gasteiger partial charge in [0.15, 0.2) is 11.5 Å². The van der Waals surface area contributed by atoms with Crippen LogP contribution in [0.1, 0.15) is 28.6 Å². The first-order chi connectivity index (χ1) is 7.05. The van der Waals surface area contributed by atoms with E-state index < -0.39 is 35.0 Å². The highest BCUT2D eigenvalue weighted by Gasteiger charge is 2.48. The monoisotopic (exact) mass is 246 g/mol. The number of Topliss-reactive ketones (excluding diaryl/α,β-unsaturated/α-hetero) is 1. The van der Waals surface area contributed by atoms with Crippen molar-refractivity contribution in [3.8, 4) is 0 Å². The number of furan rings is 1. The average Bonchev–Trinajstić information content (AvgIpc) is 2.43. The fraction of sp³-hybridized carbons (Fsp3) is 0.375. The number of halogens is 6. The summed E-state index contributed by atoms with van der Waals surface area (Å²) in [5.41, 5.74) is -4.07. The number of hydrogen-bond acceptors (Lipinski definition) is 2. The lowest BCUT2D eigenvalue weighted by molar-refractivity contribution is -0.161. The van der Waals surface area contributed by atoms with Crippen molar-refractivity contribution >= 4 is 5.78 Å². The first-order valence-electron chi connectivity index (χ1n) is 3.82. The molecule has 16 heavy (non-hydrogen) atoms. The van der Waals surface area contributed by atoms with E-state index in [9.17, 15) is 31.1 Å². The molecule has 0 aliphatic carbocycles. The lowest BCUT2D eigenvalue weighted by Crippen LogP contribution is -2.16. The van der Waals surface area contributed by atoms with E-state index in [-0.39, 0.29) is 6.26 Å². The lowest BCUT2D eigenvalue weighted by Gasteiger charge is -2.10. The molecule has 8 heteroatoms. The molecule has 0 saturated carbocycles. The molecule has 0 atom stereocenters. The van der Waals surface area contributed by atoms with Crippen LogP contribution in [0.3, 0.4) is 0 Å². The molecule has 0 amide bonds. The van der Waals surface area contributed by atoms with Crippen molar-refractivity contribution in [1.82, 2.24) is 0 Å². The van der Waals surface area contributed by atoms with Gasteiger partial charge in [-0.1, -0.05) is 0 Å². The van der Waals surface area contributed by atoms with E-state index >= 15 is 0 Å². The Morgan fingerprint density at radius 3 is 1.94 bits per heavy atom. The fourth-order valence-corrected chi connectivity index (χ4v) is 1.11. The van der Waals surface area contributed by atoms with E-state index in [0.29, 0.717) is 6.92 Å². The molecule has 0 unspecified atom stereocenters. The minimum atomic E-state index is -5.29. The zero-order valence-electron chi connectivity index (χ0n) is 7.66. The molecule has 0 fully saturated rings. The maximum atomic E-state index is 12.3.